The Morgan fingerprint density at radius 2 is 1.94 bits per heavy atom. The van der Waals surface area contributed by atoms with Gasteiger partial charge in [-0.1, -0.05) is 12.8 Å². The van der Waals surface area contributed by atoms with Gasteiger partial charge in [-0.3, -0.25) is 0 Å². The maximum atomic E-state index is 9.56. The van der Waals surface area contributed by atoms with Gasteiger partial charge in [-0.25, -0.2) is 0 Å². The van der Waals surface area contributed by atoms with Gasteiger partial charge in [-0.05, 0) is 18.9 Å². The topological polar surface area (TPSA) is 62.6 Å². The Hall–Kier alpha value is -1.00. The van der Waals surface area contributed by atoms with Crippen LogP contribution in [0.25, 0.3) is 0 Å². The fourth-order valence-electron chi connectivity index (χ4n) is 2.10. The van der Waals surface area contributed by atoms with Crippen molar-refractivity contribution in [2.45, 2.75) is 31.8 Å². The van der Waals surface area contributed by atoms with E-state index >= 15 is 0 Å². The number of hydrogen-bond donors (Lipinski definition) is 2. The van der Waals surface area contributed by atoms with Crippen molar-refractivity contribution < 1.29 is 9.52 Å². The Kier molecular flexibility index (Phi) is 3.85. The van der Waals surface area contributed by atoms with Gasteiger partial charge < -0.3 is 20.2 Å². The standard InChI is InChI=1S/C12H20N2O2/c13-9-10(15)11-5-6-12(16-11)14-7-3-1-2-4-8-14/h5-6,10,15H,1-4,7-9,13H2/t10-/m0/s1. The van der Waals surface area contributed by atoms with Crippen LogP contribution in [0.3, 0.4) is 0 Å². The molecule has 1 fully saturated rings. The van der Waals surface area contributed by atoms with Crippen LogP contribution in [0.4, 0.5) is 5.88 Å². The maximum absolute atomic E-state index is 9.56. The van der Waals surface area contributed by atoms with Gasteiger partial charge in [0.05, 0.1) is 0 Å². The molecule has 4 nitrogen and oxygen atoms in total. The molecular formula is C12H20N2O2. The summed E-state index contributed by atoms with van der Waals surface area (Å²) >= 11 is 0. The number of nitrogens with two attached hydrogens (primary N) is 1. The van der Waals surface area contributed by atoms with Crippen LogP contribution in [0.5, 0.6) is 0 Å². The van der Waals surface area contributed by atoms with Crippen LogP contribution in [0, 0.1) is 0 Å². The first-order valence-corrected chi connectivity index (χ1v) is 6.04. The summed E-state index contributed by atoms with van der Waals surface area (Å²) in [7, 11) is 0. The number of aliphatic hydroxyl groups is 1. The predicted octanol–water partition coefficient (Wildman–Crippen LogP) is 1.65. The molecular weight excluding hydrogens is 204 g/mol. The second-order valence-corrected chi connectivity index (χ2v) is 4.33. The number of furan rings is 1. The molecule has 90 valence electrons. The van der Waals surface area contributed by atoms with Gasteiger partial charge >= 0.3 is 0 Å². The fourth-order valence-corrected chi connectivity index (χ4v) is 2.10. The van der Waals surface area contributed by atoms with Crippen LogP contribution >= 0.6 is 0 Å². The zero-order valence-corrected chi connectivity index (χ0v) is 9.56. The van der Waals surface area contributed by atoms with Crippen LogP contribution in [-0.4, -0.2) is 24.7 Å². The lowest BCUT2D eigenvalue weighted by Gasteiger charge is -2.19. The highest BCUT2D eigenvalue weighted by Gasteiger charge is 2.16. The predicted molar refractivity (Wildman–Crippen MR) is 63.4 cm³/mol. The molecule has 0 aromatic carbocycles. The minimum Gasteiger partial charge on any atom is -0.443 e. The maximum Gasteiger partial charge on any atom is 0.195 e. The number of hydrogen-bond acceptors (Lipinski definition) is 4. The largest absolute Gasteiger partial charge is 0.443 e. The zero-order chi connectivity index (χ0) is 11.4. The summed E-state index contributed by atoms with van der Waals surface area (Å²) in [4.78, 5) is 2.25. The molecule has 1 aliphatic rings. The van der Waals surface area contributed by atoms with Gasteiger partial charge in [-0.2, -0.15) is 0 Å². The summed E-state index contributed by atoms with van der Waals surface area (Å²) in [5, 5.41) is 9.56. The lowest BCUT2D eigenvalue weighted by molar-refractivity contribution is 0.158. The van der Waals surface area contributed by atoms with Gasteiger partial charge in [0, 0.05) is 25.7 Å². The number of aliphatic hydroxyl groups excluding tert-OH is 1. The summed E-state index contributed by atoms with van der Waals surface area (Å²) < 4.78 is 5.63. The third-order valence-electron chi connectivity index (χ3n) is 3.08. The Balaban J connectivity index is 2.05. The van der Waals surface area contributed by atoms with Crippen LogP contribution in [0.15, 0.2) is 16.5 Å². The molecule has 1 aliphatic heterocycles. The Bertz CT molecular complexity index is 317. The van der Waals surface area contributed by atoms with Crippen LogP contribution < -0.4 is 10.6 Å². The Morgan fingerprint density at radius 3 is 2.56 bits per heavy atom. The minimum atomic E-state index is -0.680. The smallest absolute Gasteiger partial charge is 0.195 e. The fraction of sp³-hybridized carbons (Fsp3) is 0.667. The lowest BCUT2D eigenvalue weighted by atomic mass is 10.2. The second-order valence-electron chi connectivity index (χ2n) is 4.33. The lowest BCUT2D eigenvalue weighted by Crippen LogP contribution is -2.23. The molecule has 0 amide bonds. The van der Waals surface area contributed by atoms with E-state index in [0.29, 0.717) is 5.76 Å². The van der Waals surface area contributed by atoms with Crippen molar-refractivity contribution >= 4 is 5.88 Å². The van der Waals surface area contributed by atoms with Gasteiger partial charge in [0.1, 0.15) is 11.9 Å². The highest BCUT2D eigenvalue weighted by molar-refractivity contribution is 5.36. The highest BCUT2D eigenvalue weighted by atomic mass is 16.4. The first kappa shape index (κ1) is 11.5. The number of rotatable bonds is 3. The van der Waals surface area contributed by atoms with E-state index in [-0.39, 0.29) is 6.54 Å². The minimum absolute atomic E-state index is 0.201. The van der Waals surface area contributed by atoms with Crippen molar-refractivity contribution in [1.82, 2.24) is 0 Å². The van der Waals surface area contributed by atoms with Crippen molar-refractivity contribution in [3.63, 3.8) is 0 Å². The van der Waals surface area contributed by atoms with Gasteiger partial charge in [0.15, 0.2) is 5.88 Å². The van der Waals surface area contributed by atoms with Crippen LogP contribution in [0.1, 0.15) is 37.5 Å². The third-order valence-corrected chi connectivity index (χ3v) is 3.08. The zero-order valence-electron chi connectivity index (χ0n) is 9.56. The highest BCUT2D eigenvalue weighted by Crippen LogP contribution is 2.24. The van der Waals surface area contributed by atoms with E-state index in [4.69, 9.17) is 10.2 Å². The molecule has 2 heterocycles. The number of anilines is 1. The molecule has 16 heavy (non-hydrogen) atoms. The van der Waals surface area contributed by atoms with E-state index in [1.165, 1.54) is 25.7 Å². The Labute approximate surface area is 96.0 Å². The quantitative estimate of drug-likeness (QED) is 0.819. The van der Waals surface area contributed by atoms with Crippen molar-refractivity contribution in [3.05, 3.63) is 17.9 Å². The van der Waals surface area contributed by atoms with E-state index in [1.54, 1.807) is 0 Å². The van der Waals surface area contributed by atoms with Crippen LogP contribution in [-0.2, 0) is 0 Å². The molecule has 0 unspecified atom stereocenters. The Morgan fingerprint density at radius 1 is 1.25 bits per heavy atom. The summed E-state index contributed by atoms with van der Waals surface area (Å²) in [5.41, 5.74) is 5.39. The second kappa shape index (κ2) is 5.37. The molecule has 1 saturated heterocycles. The van der Waals surface area contributed by atoms with Crippen molar-refractivity contribution in [1.29, 1.82) is 0 Å². The van der Waals surface area contributed by atoms with Crippen LogP contribution in [0.2, 0.25) is 0 Å². The van der Waals surface area contributed by atoms with E-state index < -0.39 is 6.10 Å². The molecule has 4 heteroatoms. The summed E-state index contributed by atoms with van der Waals surface area (Å²) in [6.07, 6.45) is 4.36. The molecule has 1 aromatic rings. The molecule has 3 N–H and O–H groups in total. The molecule has 0 bridgehead atoms. The average molecular weight is 224 g/mol. The molecule has 1 atom stereocenters. The van der Waals surface area contributed by atoms with Crippen molar-refractivity contribution in [2.75, 3.05) is 24.5 Å². The van der Waals surface area contributed by atoms with Crippen molar-refractivity contribution in [2.24, 2.45) is 5.73 Å². The average Bonchev–Trinajstić information content (AvgIpc) is 2.64. The van der Waals surface area contributed by atoms with E-state index in [2.05, 4.69) is 4.90 Å². The molecule has 2 rings (SSSR count). The monoisotopic (exact) mass is 224 g/mol. The molecule has 0 spiro atoms. The summed E-state index contributed by atoms with van der Waals surface area (Å²) in [6, 6.07) is 3.75. The number of nitrogens with zero attached hydrogens (tertiary/aromatic N) is 1. The molecule has 0 aliphatic carbocycles. The first-order valence-electron chi connectivity index (χ1n) is 6.04. The van der Waals surface area contributed by atoms with Gasteiger partial charge in [0.2, 0.25) is 0 Å². The van der Waals surface area contributed by atoms with E-state index in [1.807, 2.05) is 12.1 Å². The van der Waals surface area contributed by atoms with Crippen molar-refractivity contribution in [3.8, 4) is 0 Å². The summed E-state index contributed by atoms with van der Waals surface area (Å²) in [5.74, 6) is 1.44. The summed E-state index contributed by atoms with van der Waals surface area (Å²) in [6.45, 7) is 2.30. The first-order chi connectivity index (χ1) is 7.81. The van der Waals surface area contributed by atoms with E-state index in [9.17, 15) is 5.11 Å². The van der Waals surface area contributed by atoms with Gasteiger partial charge in [-0.15, -0.1) is 0 Å². The normalized spacial score (nSPS) is 19.5. The molecule has 0 radical (unpaired) electrons. The molecule has 1 aromatic heterocycles. The third kappa shape index (κ3) is 2.57. The van der Waals surface area contributed by atoms with E-state index in [0.717, 1.165) is 19.0 Å². The SMILES string of the molecule is NC[C@H](O)c1ccc(N2CCCCCC2)o1. The molecule has 0 saturated carbocycles. The van der Waals surface area contributed by atoms with Gasteiger partial charge in [0.25, 0.3) is 0 Å².